The van der Waals surface area contributed by atoms with Gasteiger partial charge in [0.05, 0.1) is 5.97 Å². The van der Waals surface area contributed by atoms with Crippen LogP contribution in [0.4, 0.5) is 5.69 Å². The Balaban J connectivity index is 1.75. The molecule has 6 heteroatoms. The first kappa shape index (κ1) is 13.9. The van der Waals surface area contributed by atoms with Gasteiger partial charge < -0.3 is 24.7 Å². The van der Waals surface area contributed by atoms with Crippen molar-refractivity contribution in [2.75, 3.05) is 11.9 Å². The number of anilines is 1. The lowest BCUT2D eigenvalue weighted by Crippen LogP contribution is -2.40. The molecule has 1 N–H and O–H groups in total. The molecule has 2 aromatic rings. The Morgan fingerprint density at radius 1 is 1.05 bits per heavy atom. The summed E-state index contributed by atoms with van der Waals surface area (Å²) in [6.07, 6.45) is -0.857. The summed E-state index contributed by atoms with van der Waals surface area (Å²) >= 11 is 0. The molecule has 112 valence electrons. The molecule has 0 bridgehead atoms. The first-order chi connectivity index (χ1) is 10.6. The summed E-state index contributed by atoms with van der Waals surface area (Å²) in [6, 6.07) is 13.0. The van der Waals surface area contributed by atoms with E-state index in [9.17, 15) is 14.7 Å². The summed E-state index contributed by atoms with van der Waals surface area (Å²) in [4.78, 5) is 23.2. The van der Waals surface area contributed by atoms with E-state index in [1.54, 1.807) is 36.4 Å². The quantitative estimate of drug-likeness (QED) is 0.906. The summed E-state index contributed by atoms with van der Waals surface area (Å²) in [5.41, 5.74) is 0.0722. The standard InChI is InChI=1S/C16H13NO5/c18-15(17-11-6-2-1-5-10(11)16(19)20)14-9-21-12-7-3-4-8-13(12)22-14/h1-8,14H,9H2,(H,17,18)(H,19,20)/p-1/t14-/m1/s1. The van der Waals surface area contributed by atoms with Crippen LogP contribution in [0.15, 0.2) is 48.5 Å². The average Bonchev–Trinajstić information content (AvgIpc) is 2.54. The van der Waals surface area contributed by atoms with Gasteiger partial charge in [-0.3, -0.25) is 4.79 Å². The zero-order chi connectivity index (χ0) is 15.5. The molecule has 1 aliphatic heterocycles. The first-order valence-electron chi connectivity index (χ1n) is 6.65. The molecular formula is C16H12NO5-. The largest absolute Gasteiger partial charge is 0.545 e. The maximum absolute atomic E-state index is 12.2. The minimum atomic E-state index is -1.36. The van der Waals surface area contributed by atoms with Crippen molar-refractivity contribution in [2.24, 2.45) is 0 Å². The second-order valence-electron chi connectivity index (χ2n) is 4.69. The third-order valence-corrected chi connectivity index (χ3v) is 3.21. The summed E-state index contributed by atoms with van der Waals surface area (Å²) < 4.78 is 11.0. The average molecular weight is 298 g/mol. The van der Waals surface area contributed by atoms with Crippen molar-refractivity contribution in [1.29, 1.82) is 0 Å². The number of ether oxygens (including phenoxy) is 2. The lowest BCUT2D eigenvalue weighted by molar-refractivity contribution is -0.254. The molecule has 1 atom stereocenters. The molecule has 2 aromatic carbocycles. The van der Waals surface area contributed by atoms with Crippen molar-refractivity contribution in [1.82, 2.24) is 0 Å². The number of carbonyl (C=O) groups is 2. The molecule has 6 nitrogen and oxygen atoms in total. The molecule has 0 fully saturated rings. The summed E-state index contributed by atoms with van der Waals surface area (Å²) in [5.74, 6) is -0.797. The van der Waals surface area contributed by atoms with Gasteiger partial charge in [-0.1, -0.05) is 30.3 Å². The fourth-order valence-corrected chi connectivity index (χ4v) is 2.13. The van der Waals surface area contributed by atoms with Gasteiger partial charge in [0.1, 0.15) is 6.61 Å². The molecule has 0 saturated carbocycles. The van der Waals surface area contributed by atoms with Crippen LogP contribution in [0.3, 0.4) is 0 Å². The number of fused-ring (bicyclic) bond motifs is 1. The van der Waals surface area contributed by atoms with E-state index in [1.165, 1.54) is 12.1 Å². The Kier molecular flexibility index (Phi) is 3.65. The van der Waals surface area contributed by atoms with E-state index >= 15 is 0 Å². The topological polar surface area (TPSA) is 87.7 Å². The van der Waals surface area contributed by atoms with Crippen LogP contribution in [0.5, 0.6) is 11.5 Å². The number of para-hydroxylation sites is 3. The highest BCUT2D eigenvalue weighted by Gasteiger charge is 2.27. The highest BCUT2D eigenvalue weighted by Crippen LogP contribution is 2.31. The van der Waals surface area contributed by atoms with Crippen molar-refractivity contribution < 1.29 is 24.2 Å². The summed E-state index contributed by atoms with van der Waals surface area (Å²) in [5, 5.41) is 13.6. The summed E-state index contributed by atoms with van der Waals surface area (Å²) in [7, 11) is 0. The number of nitrogens with one attached hydrogen (secondary N) is 1. The Bertz CT molecular complexity index is 728. The Labute approximate surface area is 126 Å². The van der Waals surface area contributed by atoms with Gasteiger partial charge in [0.2, 0.25) is 6.10 Å². The maximum Gasteiger partial charge on any atom is 0.269 e. The molecule has 0 aliphatic carbocycles. The van der Waals surface area contributed by atoms with Crippen molar-refractivity contribution >= 4 is 17.6 Å². The fraction of sp³-hybridized carbons (Fsp3) is 0.125. The zero-order valence-electron chi connectivity index (χ0n) is 11.4. The van der Waals surface area contributed by atoms with E-state index in [0.717, 1.165) is 0 Å². The molecule has 1 aliphatic rings. The maximum atomic E-state index is 12.2. The van der Waals surface area contributed by atoms with Crippen LogP contribution in [0.2, 0.25) is 0 Å². The number of carbonyl (C=O) groups excluding carboxylic acids is 2. The SMILES string of the molecule is O=C([O-])c1ccccc1NC(=O)[C@H]1COc2ccccc2O1. The van der Waals surface area contributed by atoms with E-state index in [4.69, 9.17) is 9.47 Å². The highest BCUT2D eigenvalue weighted by atomic mass is 16.6. The van der Waals surface area contributed by atoms with Crippen molar-refractivity contribution in [3.8, 4) is 11.5 Å². The van der Waals surface area contributed by atoms with E-state index in [1.807, 2.05) is 0 Å². The van der Waals surface area contributed by atoms with Gasteiger partial charge in [-0.15, -0.1) is 0 Å². The number of aromatic carboxylic acids is 1. The zero-order valence-corrected chi connectivity index (χ0v) is 11.4. The molecule has 0 radical (unpaired) electrons. The van der Waals surface area contributed by atoms with Gasteiger partial charge in [0.25, 0.3) is 5.91 Å². The number of carboxylic acid groups (broad SMARTS) is 1. The van der Waals surface area contributed by atoms with Crippen LogP contribution >= 0.6 is 0 Å². The molecule has 1 amide bonds. The van der Waals surface area contributed by atoms with Crippen molar-refractivity contribution in [2.45, 2.75) is 6.10 Å². The minimum Gasteiger partial charge on any atom is -0.545 e. The number of rotatable bonds is 3. The second-order valence-corrected chi connectivity index (χ2v) is 4.69. The van der Waals surface area contributed by atoms with Crippen LogP contribution < -0.4 is 19.9 Å². The van der Waals surface area contributed by atoms with Gasteiger partial charge >= 0.3 is 0 Å². The molecule has 1 heterocycles. The monoisotopic (exact) mass is 298 g/mol. The molecule has 0 aromatic heterocycles. The first-order valence-corrected chi connectivity index (χ1v) is 6.65. The second kappa shape index (κ2) is 5.77. The number of benzene rings is 2. The molecule has 0 saturated heterocycles. The minimum absolute atomic E-state index is 0.0519. The van der Waals surface area contributed by atoms with Crippen LogP contribution in [0.1, 0.15) is 10.4 Å². The van der Waals surface area contributed by atoms with Crippen LogP contribution in [0, 0.1) is 0 Å². The highest BCUT2D eigenvalue weighted by molar-refractivity contribution is 6.01. The van der Waals surface area contributed by atoms with Gasteiger partial charge in [-0.05, 0) is 18.2 Å². The molecule has 0 unspecified atom stereocenters. The van der Waals surface area contributed by atoms with E-state index in [0.29, 0.717) is 11.5 Å². The van der Waals surface area contributed by atoms with Crippen LogP contribution in [-0.4, -0.2) is 24.6 Å². The fourth-order valence-electron chi connectivity index (χ4n) is 2.13. The number of carboxylic acids is 1. The van der Waals surface area contributed by atoms with Crippen molar-refractivity contribution in [3.63, 3.8) is 0 Å². The van der Waals surface area contributed by atoms with Gasteiger partial charge in [0, 0.05) is 11.3 Å². The van der Waals surface area contributed by atoms with E-state index in [2.05, 4.69) is 5.32 Å². The molecule has 0 spiro atoms. The predicted molar refractivity (Wildman–Crippen MR) is 75.8 cm³/mol. The van der Waals surface area contributed by atoms with E-state index in [-0.39, 0.29) is 17.9 Å². The Morgan fingerprint density at radius 3 is 2.50 bits per heavy atom. The lowest BCUT2D eigenvalue weighted by atomic mass is 10.1. The van der Waals surface area contributed by atoms with Crippen LogP contribution in [0.25, 0.3) is 0 Å². The lowest BCUT2D eigenvalue weighted by Gasteiger charge is -2.25. The van der Waals surface area contributed by atoms with Gasteiger partial charge in [0.15, 0.2) is 11.5 Å². The summed E-state index contributed by atoms with van der Waals surface area (Å²) in [6.45, 7) is 0.0519. The molecular weight excluding hydrogens is 286 g/mol. The van der Waals surface area contributed by atoms with Crippen LogP contribution in [-0.2, 0) is 4.79 Å². The predicted octanol–water partition coefficient (Wildman–Crippen LogP) is 0.829. The normalized spacial score (nSPS) is 15.9. The third-order valence-electron chi connectivity index (χ3n) is 3.21. The number of hydrogen-bond donors (Lipinski definition) is 1. The smallest absolute Gasteiger partial charge is 0.269 e. The number of amides is 1. The Morgan fingerprint density at radius 2 is 1.73 bits per heavy atom. The molecule has 3 rings (SSSR count). The Hall–Kier alpha value is -3.02. The van der Waals surface area contributed by atoms with Gasteiger partial charge in [-0.2, -0.15) is 0 Å². The molecule has 22 heavy (non-hydrogen) atoms. The van der Waals surface area contributed by atoms with Crippen molar-refractivity contribution in [3.05, 3.63) is 54.1 Å². The van der Waals surface area contributed by atoms with E-state index < -0.39 is 18.0 Å². The third kappa shape index (κ3) is 2.71. The van der Waals surface area contributed by atoms with Gasteiger partial charge in [-0.25, -0.2) is 0 Å². The number of hydrogen-bond acceptors (Lipinski definition) is 5.